The van der Waals surface area contributed by atoms with Crippen LogP contribution in [0.25, 0.3) is 33.3 Å². The number of rotatable bonds is 5. The Bertz CT molecular complexity index is 1500. The monoisotopic (exact) mass is 424 g/mol. The van der Waals surface area contributed by atoms with E-state index in [0.29, 0.717) is 16.6 Å². The average Bonchev–Trinajstić information content (AvgIpc) is 3.22. The van der Waals surface area contributed by atoms with Crippen molar-refractivity contribution in [3.63, 3.8) is 0 Å². The fourth-order valence-electron chi connectivity index (χ4n) is 3.57. The predicted octanol–water partition coefficient (Wildman–Crippen LogP) is 3.67. The van der Waals surface area contributed by atoms with Gasteiger partial charge in [0, 0.05) is 17.7 Å². The van der Waals surface area contributed by atoms with Gasteiger partial charge < -0.3 is 10.3 Å². The lowest BCUT2D eigenvalue weighted by Gasteiger charge is -2.07. The molecule has 1 amide bonds. The highest BCUT2D eigenvalue weighted by Gasteiger charge is 2.09. The number of aryl methyl sites for hydroxylation is 2. The number of aromatic amines is 1. The molecule has 0 aliphatic carbocycles. The first-order valence-electron chi connectivity index (χ1n) is 10.3. The van der Waals surface area contributed by atoms with Crippen molar-refractivity contribution in [1.29, 1.82) is 0 Å². The number of imidazole rings is 1. The largest absolute Gasteiger partial charge is 0.338 e. The van der Waals surface area contributed by atoms with Crippen LogP contribution in [0.15, 0.2) is 71.5 Å². The summed E-state index contributed by atoms with van der Waals surface area (Å²) in [5, 5.41) is 11.3. The summed E-state index contributed by atoms with van der Waals surface area (Å²) in [5.41, 5.74) is 4.95. The molecule has 0 saturated carbocycles. The van der Waals surface area contributed by atoms with Crippen molar-refractivity contribution in [3.05, 3.63) is 82.6 Å². The summed E-state index contributed by atoms with van der Waals surface area (Å²) in [6, 6.07) is 20.6. The van der Waals surface area contributed by atoms with Crippen LogP contribution in [0.5, 0.6) is 0 Å². The fraction of sp³-hybridized carbons (Fsp3) is 0.125. The summed E-state index contributed by atoms with van der Waals surface area (Å²) in [5.74, 6) is 0.566. The molecule has 0 bridgehead atoms. The van der Waals surface area contributed by atoms with Crippen LogP contribution in [0.3, 0.4) is 0 Å². The third kappa shape index (κ3) is 3.85. The van der Waals surface area contributed by atoms with Gasteiger partial charge in [0.25, 0.3) is 5.56 Å². The van der Waals surface area contributed by atoms with E-state index in [9.17, 15) is 9.59 Å². The molecule has 0 aliphatic rings. The molecule has 2 heterocycles. The van der Waals surface area contributed by atoms with Gasteiger partial charge in [0.15, 0.2) is 0 Å². The second kappa shape index (κ2) is 8.07. The zero-order chi connectivity index (χ0) is 22.1. The van der Waals surface area contributed by atoms with Gasteiger partial charge in [0.1, 0.15) is 11.3 Å². The number of nitrogens with one attached hydrogen (secondary N) is 2. The van der Waals surface area contributed by atoms with Gasteiger partial charge in [-0.15, -0.1) is 5.10 Å². The molecule has 0 fully saturated rings. The van der Waals surface area contributed by atoms with E-state index in [4.69, 9.17) is 0 Å². The third-order valence-electron chi connectivity index (χ3n) is 5.26. The Morgan fingerprint density at radius 3 is 2.69 bits per heavy atom. The normalized spacial score (nSPS) is 11.2. The van der Waals surface area contributed by atoms with Gasteiger partial charge in [-0.3, -0.25) is 9.59 Å². The quantitative estimate of drug-likeness (QED) is 0.448. The number of benzene rings is 3. The number of fused-ring (bicyclic) bond motifs is 2. The van der Waals surface area contributed by atoms with E-state index < -0.39 is 0 Å². The molecule has 2 N–H and O–H groups in total. The molecule has 0 saturated heterocycles. The Balaban J connectivity index is 1.25. The molecule has 0 aliphatic heterocycles. The molecule has 5 rings (SSSR count). The summed E-state index contributed by atoms with van der Waals surface area (Å²) in [6.45, 7) is 2.19. The summed E-state index contributed by atoms with van der Waals surface area (Å²) in [4.78, 5) is 32.8. The Hall–Kier alpha value is -4.33. The second-order valence-electron chi connectivity index (χ2n) is 7.62. The van der Waals surface area contributed by atoms with E-state index in [0.717, 1.165) is 22.4 Å². The Morgan fingerprint density at radius 1 is 1.03 bits per heavy atom. The van der Waals surface area contributed by atoms with Crippen LogP contribution in [-0.4, -0.2) is 30.9 Å². The number of carbonyl (C=O) groups is 1. The minimum atomic E-state index is -0.256. The lowest BCUT2D eigenvalue weighted by molar-refractivity contribution is -0.116. The molecule has 158 valence electrons. The topological polar surface area (TPSA) is 106 Å². The summed E-state index contributed by atoms with van der Waals surface area (Å²) in [6.07, 6.45) is 0.109. The van der Waals surface area contributed by atoms with Gasteiger partial charge >= 0.3 is 0 Å². The second-order valence-corrected chi connectivity index (χ2v) is 7.62. The highest BCUT2D eigenvalue weighted by atomic mass is 16.2. The molecule has 0 unspecified atom stereocenters. The van der Waals surface area contributed by atoms with Crippen LogP contribution in [0.2, 0.25) is 0 Å². The number of H-pyrrole nitrogens is 1. The highest BCUT2D eigenvalue weighted by molar-refractivity contribution is 5.91. The molecule has 0 spiro atoms. The zero-order valence-electron chi connectivity index (χ0n) is 17.4. The maximum atomic E-state index is 12.5. The minimum Gasteiger partial charge on any atom is -0.338 e. The Kier molecular flexibility index (Phi) is 4.95. The summed E-state index contributed by atoms with van der Waals surface area (Å²) in [7, 11) is 0. The first kappa shape index (κ1) is 19.6. The van der Waals surface area contributed by atoms with Crippen LogP contribution >= 0.6 is 0 Å². The SMILES string of the molecule is Cc1ccc2nc(-c3ccc(NC(=O)CCn4nnc5ccccc5c4=O)cc3)[nH]c2c1. The number of nitrogens with zero attached hydrogens (tertiary/aromatic N) is 4. The Morgan fingerprint density at radius 2 is 1.84 bits per heavy atom. The van der Waals surface area contributed by atoms with Crippen molar-refractivity contribution < 1.29 is 4.79 Å². The molecule has 5 aromatic rings. The van der Waals surface area contributed by atoms with Crippen LogP contribution in [0.4, 0.5) is 5.69 Å². The standard InChI is InChI=1S/C24H20N6O2/c1-15-6-11-20-21(14-15)27-23(26-20)16-7-9-17(10-8-16)25-22(31)12-13-30-24(32)18-4-2-3-5-19(18)28-29-30/h2-11,14H,12-13H2,1H3,(H,25,31)(H,26,27). The van der Waals surface area contributed by atoms with Gasteiger partial charge in [-0.2, -0.15) is 0 Å². The molecule has 32 heavy (non-hydrogen) atoms. The van der Waals surface area contributed by atoms with E-state index in [1.54, 1.807) is 24.3 Å². The molecule has 3 aromatic carbocycles. The highest BCUT2D eigenvalue weighted by Crippen LogP contribution is 2.22. The number of amides is 1. The molecular formula is C24H20N6O2. The number of carbonyl (C=O) groups excluding carboxylic acids is 1. The maximum absolute atomic E-state index is 12.5. The minimum absolute atomic E-state index is 0.109. The van der Waals surface area contributed by atoms with Gasteiger partial charge in [-0.1, -0.05) is 23.4 Å². The summed E-state index contributed by atoms with van der Waals surface area (Å²) < 4.78 is 1.22. The van der Waals surface area contributed by atoms with Gasteiger partial charge in [0.2, 0.25) is 5.91 Å². The Labute approximate surface area is 182 Å². The number of hydrogen-bond donors (Lipinski definition) is 2. The van der Waals surface area contributed by atoms with E-state index >= 15 is 0 Å². The molecule has 8 heteroatoms. The lowest BCUT2D eigenvalue weighted by Crippen LogP contribution is -2.26. The number of aromatic nitrogens is 5. The van der Waals surface area contributed by atoms with Crippen molar-refractivity contribution in [2.75, 3.05) is 5.32 Å². The molecular weight excluding hydrogens is 404 g/mol. The lowest BCUT2D eigenvalue weighted by atomic mass is 10.2. The first-order valence-corrected chi connectivity index (χ1v) is 10.3. The van der Waals surface area contributed by atoms with Crippen molar-refractivity contribution >= 4 is 33.5 Å². The van der Waals surface area contributed by atoms with Crippen LogP contribution < -0.4 is 10.9 Å². The number of hydrogen-bond acceptors (Lipinski definition) is 5. The van der Waals surface area contributed by atoms with Crippen molar-refractivity contribution in [2.24, 2.45) is 0 Å². The van der Waals surface area contributed by atoms with Crippen molar-refractivity contribution in [2.45, 2.75) is 19.9 Å². The van der Waals surface area contributed by atoms with Crippen LogP contribution in [0.1, 0.15) is 12.0 Å². The molecule has 2 aromatic heterocycles. The van der Waals surface area contributed by atoms with Crippen molar-refractivity contribution in [3.8, 4) is 11.4 Å². The van der Waals surface area contributed by atoms with Gasteiger partial charge in [-0.05, 0) is 61.0 Å². The van der Waals surface area contributed by atoms with E-state index in [1.807, 2.05) is 43.3 Å². The molecule has 0 radical (unpaired) electrons. The van der Waals surface area contributed by atoms with E-state index in [-0.39, 0.29) is 24.4 Å². The molecule has 8 nitrogen and oxygen atoms in total. The van der Waals surface area contributed by atoms with Crippen molar-refractivity contribution in [1.82, 2.24) is 25.0 Å². The average molecular weight is 424 g/mol. The summed E-state index contributed by atoms with van der Waals surface area (Å²) >= 11 is 0. The van der Waals surface area contributed by atoms with Gasteiger partial charge in [-0.25, -0.2) is 9.67 Å². The number of anilines is 1. The van der Waals surface area contributed by atoms with Crippen LogP contribution in [-0.2, 0) is 11.3 Å². The van der Waals surface area contributed by atoms with Crippen LogP contribution in [0, 0.1) is 6.92 Å². The zero-order valence-corrected chi connectivity index (χ0v) is 17.4. The maximum Gasteiger partial charge on any atom is 0.277 e. The van der Waals surface area contributed by atoms with Gasteiger partial charge in [0.05, 0.1) is 23.0 Å². The first-order chi connectivity index (χ1) is 15.6. The fourth-order valence-corrected chi connectivity index (χ4v) is 3.57. The molecule has 0 atom stereocenters. The third-order valence-corrected chi connectivity index (χ3v) is 5.26. The van der Waals surface area contributed by atoms with E-state index in [2.05, 4.69) is 31.7 Å². The smallest absolute Gasteiger partial charge is 0.277 e. The van der Waals surface area contributed by atoms with E-state index in [1.165, 1.54) is 10.2 Å². The predicted molar refractivity (Wildman–Crippen MR) is 123 cm³/mol.